The van der Waals surface area contributed by atoms with E-state index >= 15 is 0 Å². The molecule has 2 N–H and O–H groups in total. The predicted molar refractivity (Wildman–Crippen MR) is 68.7 cm³/mol. The van der Waals surface area contributed by atoms with Crippen LogP contribution in [-0.4, -0.2) is 31.6 Å². The molecular weight excluding hydrogens is 196 g/mol. The van der Waals surface area contributed by atoms with Crippen molar-refractivity contribution in [2.45, 2.75) is 25.2 Å². The fourth-order valence-corrected chi connectivity index (χ4v) is 2.52. The van der Waals surface area contributed by atoms with E-state index in [0.29, 0.717) is 0 Å². The number of rotatable bonds is 5. The SMILES string of the molecule is CN1CC(c2ccccc2CCCCN)C1. The summed E-state index contributed by atoms with van der Waals surface area (Å²) in [4.78, 5) is 2.38. The molecule has 1 aromatic carbocycles. The van der Waals surface area contributed by atoms with Gasteiger partial charge in [-0.05, 0) is 44.0 Å². The molecule has 16 heavy (non-hydrogen) atoms. The highest BCUT2D eigenvalue weighted by Gasteiger charge is 2.26. The summed E-state index contributed by atoms with van der Waals surface area (Å²) in [5.41, 5.74) is 8.64. The van der Waals surface area contributed by atoms with Gasteiger partial charge in [0.25, 0.3) is 0 Å². The summed E-state index contributed by atoms with van der Waals surface area (Å²) in [5, 5.41) is 0. The van der Waals surface area contributed by atoms with E-state index in [-0.39, 0.29) is 0 Å². The zero-order chi connectivity index (χ0) is 11.4. The Labute approximate surface area is 98.4 Å². The summed E-state index contributed by atoms with van der Waals surface area (Å²) in [6.45, 7) is 3.25. The van der Waals surface area contributed by atoms with Crippen molar-refractivity contribution in [1.82, 2.24) is 4.90 Å². The van der Waals surface area contributed by atoms with Gasteiger partial charge in [-0.1, -0.05) is 24.3 Å². The van der Waals surface area contributed by atoms with Gasteiger partial charge < -0.3 is 10.6 Å². The second-order valence-electron chi connectivity index (χ2n) is 4.86. The average molecular weight is 218 g/mol. The molecule has 1 aromatic rings. The van der Waals surface area contributed by atoms with Gasteiger partial charge >= 0.3 is 0 Å². The number of nitrogens with two attached hydrogens (primary N) is 1. The van der Waals surface area contributed by atoms with Crippen LogP contribution in [-0.2, 0) is 6.42 Å². The van der Waals surface area contributed by atoms with Crippen molar-refractivity contribution in [3.63, 3.8) is 0 Å². The standard InChI is InChI=1S/C14H22N2/c1-16-10-13(11-16)14-8-3-2-6-12(14)7-4-5-9-15/h2-3,6,8,13H,4-5,7,9-11,15H2,1H3. The van der Waals surface area contributed by atoms with Gasteiger partial charge in [-0.2, -0.15) is 0 Å². The zero-order valence-corrected chi connectivity index (χ0v) is 10.2. The number of nitrogens with zero attached hydrogens (tertiary/aromatic N) is 1. The molecule has 0 radical (unpaired) electrons. The maximum absolute atomic E-state index is 5.54. The lowest BCUT2D eigenvalue weighted by molar-refractivity contribution is 0.189. The van der Waals surface area contributed by atoms with Crippen molar-refractivity contribution >= 4 is 0 Å². The number of aryl methyl sites for hydroxylation is 1. The van der Waals surface area contributed by atoms with Crippen LogP contribution in [0.3, 0.4) is 0 Å². The summed E-state index contributed by atoms with van der Waals surface area (Å²) < 4.78 is 0. The summed E-state index contributed by atoms with van der Waals surface area (Å²) >= 11 is 0. The minimum Gasteiger partial charge on any atom is -0.330 e. The Bertz CT molecular complexity index is 329. The Morgan fingerprint density at radius 2 is 2.00 bits per heavy atom. The highest BCUT2D eigenvalue weighted by molar-refractivity contribution is 5.32. The van der Waals surface area contributed by atoms with E-state index in [1.807, 2.05) is 0 Å². The van der Waals surface area contributed by atoms with E-state index in [1.165, 1.54) is 31.5 Å². The molecule has 1 saturated heterocycles. The first-order chi connectivity index (χ1) is 7.81. The van der Waals surface area contributed by atoms with Crippen LogP contribution in [0.4, 0.5) is 0 Å². The molecule has 0 aromatic heterocycles. The average Bonchev–Trinajstić information content (AvgIpc) is 2.26. The van der Waals surface area contributed by atoms with Crippen molar-refractivity contribution < 1.29 is 0 Å². The van der Waals surface area contributed by atoms with Crippen molar-refractivity contribution in [1.29, 1.82) is 0 Å². The molecule has 0 amide bonds. The van der Waals surface area contributed by atoms with Gasteiger partial charge in [-0.25, -0.2) is 0 Å². The Morgan fingerprint density at radius 1 is 1.25 bits per heavy atom. The lowest BCUT2D eigenvalue weighted by Crippen LogP contribution is -2.42. The van der Waals surface area contributed by atoms with E-state index in [4.69, 9.17) is 5.73 Å². The normalized spacial score (nSPS) is 17.4. The molecule has 0 unspecified atom stereocenters. The van der Waals surface area contributed by atoms with Crippen LogP contribution >= 0.6 is 0 Å². The Balaban J connectivity index is 2.00. The van der Waals surface area contributed by atoms with Crippen molar-refractivity contribution in [3.8, 4) is 0 Å². The second kappa shape index (κ2) is 5.46. The number of benzene rings is 1. The molecule has 2 heteroatoms. The molecule has 1 aliphatic heterocycles. The number of unbranched alkanes of at least 4 members (excludes halogenated alkanes) is 1. The van der Waals surface area contributed by atoms with Crippen LogP contribution in [0.2, 0.25) is 0 Å². The summed E-state index contributed by atoms with van der Waals surface area (Å²) in [7, 11) is 2.19. The molecule has 0 saturated carbocycles. The van der Waals surface area contributed by atoms with Gasteiger partial charge in [0, 0.05) is 19.0 Å². The third-order valence-corrected chi connectivity index (χ3v) is 3.46. The summed E-state index contributed by atoms with van der Waals surface area (Å²) in [6, 6.07) is 8.91. The minimum absolute atomic E-state index is 0.763. The highest BCUT2D eigenvalue weighted by Crippen LogP contribution is 2.28. The minimum atomic E-state index is 0.763. The third kappa shape index (κ3) is 2.63. The fraction of sp³-hybridized carbons (Fsp3) is 0.571. The first-order valence-electron chi connectivity index (χ1n) is 6.27. The molecule has 2 nitrogen and oxygen atoms in total. The van der Waals surface area contributed by atoms with Crippen LogP contribution in [0.15, 0.2) is 24.3 Å². The van der Waals surface area contributed by atoms with Crippen LogP contribution in [0.5, 0.6) is 0 Å². The second-order valence-corrected chi connectivity index (χ2v) is 4.86. The smallest absolute Gasteiger partial charge is 0.00961 e. The van der Waals surface area contributed by atoms with Crippen LogP contribution in [0, 0.1) is 0 Å². The summed E-state index contributed by atoms with van der Waals surface area (Å²) in [6.07, 6.45) is 3.54. The van der Waals surface area contributed by atoms with Gasteiger partial charge in [-0.3, -0.25) is 0 Å². The summed E-state index contributed by atoms with van der Waals surface area (Å²) in [5.74, 6) is 0.763. The van der Waals surface area contributed by atoms with Gasteiger partial charge in [0.05, 0.1) is 0 Å². The monoisotopic (exact) mass is 218 g/mol. The van der Waals surface area contributed by atoms with Crippen molar-refractivity contribution in [2.75, 3.05) is 26.7 Å². The molecule has 1 heterocycles. The molecule has 0 atom stereocenters. The van der Waals surface area contributed by atoms with Crippen LogP contribution in [0.1, 0.15) is 29.9 Å². The number of hydrogen-bond donors (Lipinski definition) is 1. The molecule has 88 valence electrons. The largest absolute Gasteiger partial charge is 0.330 e. The van der Waals surface area contributed by atoms with Gasteiger partial charge in [0.15, 0.2) is 0 Å². The quantitative estimate of drug-likeness (QED) is 0.766. The fourth-order valence-electron chi connectivity index (χ4n) is 2.52. The molecular formula is C14H22N2. The van der Waals surface area contributed by atoms with E-state index in [9.17, 15) is 0 Å². The van der Waals surface area contributed by atoms with Gasteiger partial charge in [0.1, 0.15) is 0 Å². The molecule has 1 aliphatic rings. The molecule has 2 rings (SSSR count). The maximum Gasteiger partial charge on any atom is 0.00961 e. The lowest BCUT2D eigenvalue weighted by atomic mass is 9.87. The topological polar surface area (TPSA) is 29.3 Å². The van der Waals surface area contributed by atoms with Crippen molar-refractivity contribution in [2.24, 2.45) is 5.73 Å². The first kappa shape index (κ1) is 11.6. The van der Waals surface area contributed by atoms with E-state index in [1.54, 1.807) is 5.56 Å². The molecule has 0 bridgehead atoms. The van der Waals surface area contributed by atoms with Crippen LogP contribution < -0.4 is 5.73 Å². The highest BCUT2D eigenvalue weighted by atomic mass is 15.2. The van der Waals surface area contributed by atoms with Gasteiger partial charge in [-0.15, -0.1) is 0 Å². The zero-order valence-electron chi connectivity index (χ0n) is 10.2. The van der Waals surface area contributed by atoms with Gasteiger partial charge in [0.2, 0.25) is 0 Å². The first-order valence-corrected chi connectivity index (χ1v) is 6.27. The number of hydrogen-bond acceptors (Lipinski definition) is 2. The Hall–Kier alpha value is -0.860. The molecule has 1 fully saturated rings. The van der Waals surface area contributed by atoms with E-state index < -0.39 is 0 Å². The van der Waals surface area contributed by atoms with E-state index in [0.717, 1.165) is 18.9 Å². The Kier molecular flexibility index (Phi) is 3.97. The van der Waals surface area contributed by atoms with Crippen molar-refractivity contribution in [3.05, 3.63) is 35.4 Å². The molecule has 0 aliphatic carbocycles. The lowest BCUT2D eigenvalue weighted by Gasteiger charge is -2.37. The predicted octanol–water partition coefficient (Wildman–Crippen LogP) is 2.00. The molecule has 0 spiro atoms. The Morgan fingerprint density at radius 3 is 2.69 bits per heavy atom. The maximum atomic E-state index is 5.54. The van der Waals surface area contributed by atoms with E-state index in [2.05, 4.69) is 36.2 Å². The number of likely N-dealkylation sites (N-methyl/N-ethyl adjacent to an activating group) is 1. The number of likely N-dealkylation sites (tertiary alicyclic amines) is 1. The van der Waals surface area contributed by atoms with Crippen LogP contribution in [0.25, 0.3) is 0 Å². The third-order valence-electron chi connectivity index (χ3n) is 3.46.